The summed E-state index contributed by atoms with van der Waals surface area (Å²) in [5.41, 5.74) is 6.14. The van der Waals surface area contributed by atoms with Gasteiger partial charge in [0, 0.05) is 24.0 Å². The second kappa shape index (κ2) is 7.06. The highest BCUT2D eigenvalue weighted by Gasteiger charge is 2.38. The van der Waals surface area contributed by atoms with Gasteiger partial charge in [0.2, 0.25) is 0 Å². The second-order valence-corrected chi connectivity index (χ2v) is 8.76. The predicted molar refractivity (Wildman–Crippen MR) is 90.6 cm³/mol. The Bertz CT molecular complexity index is 466. The quantitative estimate of drug-likeness (QED) is 0.829. The molecule has 2 heterocycles. The Kier molecular flexibility index (Phi) is 5.84. The van der Waals surface area contributed by atoms with E-state index in [1.54, 1.807) is 11.3 Å². The molecule has 0 bridgehead atoms. The normalized spacial score (nSPS) is 25.7. The number of aliphatic hydroxyl groups is 1. The molecule has 1 aliphatic rings. The minimum absolute atomic E-state index is 0.0438. The molecule has 3 unspecified atom stereocenters. The van der Waals surface area contributed by atoms with Crippen molar-refractivity contribution in [1.29, 1.82) is 0 Å². The molecule has 2 rings (SSSR count). The zero-order valence-electron chi connectivity index (χ0n) is 12.9. The maximum absolute atomic E-state index is 9.51. The van der Waals surface area contributed by atoms with Crippen LogP contribution in [0.3, 0.4) is 0 Å². The summed E-state index contributed by atoms with van der Waals surface area (Å²) in [6, 6.07) is 4.46. The van der Waals surface area contributed by atoms with Crippen LogP contribution in [-0.4, -0.2) is 47.4 Å². The van der Waals surface area contributed by atoms with Crippen LogP contribution in [0.1, 0.15) is 38.1 Å². The summed E-state index contributed by atoms with van der Waals surface area (Å²) in [4.78, 5) is 3.64. The fourth-order valence-corrected chi connectivity index (χ4v) is 4.65. The van der Waals surface area contributed by atoms with Crippen LogP contribution in [0.2, 0.25) is 0 Å². The second-order valence-electron chi connectivity index (χ2n) is 6.27. The third-order valence-electron chi connectivity index (χ3n) is 3.87. The van der Waals surface area contributed by atoms with E-state index in [2.05, 4.69) is 53.7 Å². The maximum atomic E-state index is 9.51. The van der Waals surface area contributed by atoms with Crippen molar-refractivity contribution in [3.05, 3.63) is 20.8 Å². The first-order valence-electron chi connectivity index (χ1n) is 7.40. The molecule has 1 aliphatic heterocycles. The lowest BCUT2D eigenvalue weighted by Crippen LogP contribution is -2.57. The van der Waals surface area contributed by atoms with Crippen LogP contribution in [0.15, 0.2) is 15.9 Å². The topological polar surface area (TPSA) is 58.7 Å². The van der Waals surface area contributed by atoms with Gasteiger partial charge in [-0.15, -0.1) is 11.3 Å². The van der Waals surface area contributed by atoms with Crippen LogP contribution < -0.4 is 5.73 Å². The minimum Gasteiger partial charge on any atom is -0.394 e. The van der Waals surface area contributed by atoms with Crippen molar-refractivity contribution in [1.82, 2.24) is 4.90 Å². The predicted octanol–water partition coefficient (Wildman–Crippen LogP) is 2.76. The molecule has 0 amide bonds. The SMILES string of the molecule is CCC(N)C(c1ccc(Br)s1)N1CC(CO)OC(C)(C)C1. The highest BCUT2D eigenvalue weighted by atomic mass is 79.9. The van der Waals surface area contributed by atoms with E-state index in [0.29, 0.717) is 6.54 Å². The monoisotopic (exact) mass is 376 g/mol. The maximum Gasteiger partial charge on any atom is 0.0940 e. The molecule has 1 saturated heterocycles. The number of ether oxygens (including phenoxy) is 1. The highest BCUT2D eigenvalue weighted by Crippen LogP contribution is 2.36. The molecule has 120 valence electrons. The summed E-state index contributed by atoms with van der Waals surface area (Å²) >= 11 is 5.27. The van der Waals surface area contributed by atoms with E-state index in [4.69, 9.17) is 10.5 Å². The number of hydrogen-bond acceptors (Lipinski definition) is 5. The van der Waals surface area contributed by atoms with Gasteiger partial charge >= 0.3 is 0 Å². The Morgan fingerprint density at radius 2 is 2.29 bits per heavy atom. The van der Waals surface area contributed by atoms with Gasteiger partial charge in [-0.05, 0) is 48.3 Å². The minimum atomic E-state index is -0.272. The lowest BCUT2D eigenvalue weighted by molar-refractivity contribution is -0.158. The Morgan fingerprint density at radius 3 is 2.81 bits per heavy atom. The van der Waals surface area contributed by atoms with Crippen molar-refractivity contribution in [3.8, 4) is 0 Å². The van der Waals surface area contributed by atoms with Crippen molar-refractivity contribution in [3.63, 3.8) is 0 Å². The van der Waals surface area contributed by atoms with E-state index in [0.717, 1.165) is 16.8 Å². The number of halogens is 1. The van der Waals surface area contributed by atoms with Crippen molar-refractivity contribution < 1.29 is 9.84 Å². The largest absolute Gasteiger partial charge is 0.394 e. The van der Waals surface area contributed by atoms with Crippen molar-refractivity contribution in [2.24, 2.45) is 5.73 Å². The van der Waals surface area contributed by atoms with Gasteiger partial charge in [-0.1, -0.05) is 6.92 Å². The van der Waals surface area contributed by atoms with E-state index in [-0.39, 0.29) is 30.4 Å². The first-order chi connectivity index (χ1) is 9.86. The fraction of sp³-hybridized carbons (Fsp3) is 0.733. The van der Waals surface area contributed by atoms with Crippen LogP contribution in [-0.2, 0) is 4.74 Å². The van der Waals surface area contributed by atoms with Crippen molar-refractivity contribution >= 4 is 27.3 Å². The number of rotatable bonds is 5. The van der Waals surface area contributed by atoms with Crippen LogP contribution in [0.5, 0.6) is 0 Å². The van der Waals surface area contributed by atoms with Gasteiger partial charge in [-0.2, -0.15) is 0 Å². The molecule has 1 fully saturated rings. The molecule has 3 atom stereocenters. The van der Waals surface area contributed by atoms with E-state index < -0.39 is 0 Å². The Balaban J connectivity index is 2.27. The molecule has 0 aliphatic carbocycles. The van der Waals surface area contributed by atoms with Crippen molar-refractivity contribution in [2.75, 3.05) is 19.7 Å². The highest BCUT2D eigenvalue weighted by molar-refractivity contribution is 9.11. The van der Waals surface area contributed by atoms with E-state index in [1.165, 1.54) is 4.88 Å². The van der Waals surface area contributed by atoms with E-state index in [9.17, 15) is 5.11 Å². The van der Waals surface area contributed by atoms with E-state index >= 15 is 0 Å². The molecule has 3 N–H and O–H groups in total. The van der Waals surface area contributed by atoms with Crippen LogP contribution in [0, 0.1) is 0 Å². The smallest absolute Gasteiger partial charge is 0.0940 e. The van der Waals surface area contributed by atoms with Gasteiger partial charge in [-0.3, -0.25) is 4.90 Å². The molecule has 1 aromatic rings. The Morgan fingerprint density at radius 1 is 1.57 bits per heavy atom. The number of thiophene rings is 1. The number of nitrogens with two attached hydrogens (primary N) is 1. The molecule has 6 heteroatoms. The lowest BCUT2D eigenvalue weighted by Gasteiger charge is -2.46. The summed E-state index contributed by atoms with van der Waals surface area (Å²) in [5, 5.41) is 9.51. The van der Waals surface area contributed by atoms with Crippen molar-refractivity contribution in [2.45, 2.75) is 51.0 Å². The van der Waals surface area contributed by atoms with Crippen LogP contribution in [0.4, 0.5) is 0 Å². The first-order valence-corrected chi connectivity index (χ1v) is 9.00. The number of aliphatic hydroxyl groups excluding tert-OH is 1. The average Bonchev–Trinajstić information content (AvgIpc) is 2.83. The van der Waals surface area contributed by atoms with Gasteiger partial charge in [0.15, 0.2) is 0 Å². The number of nitrogens with zero attached hydrogens (tertiary/aromatic N) is 1. The Labute approximate surface area is 139 Å². The molecule has 21 heavy (non-hydrogen) atoms. The summed E-state index contributed by atoms with van der Waals surface area (Å²) in [7, 11) is 0. The van der Waals surface area contributed by atoms with Crippen LogP contribution >= 0.6 is 27.3 Å². The molecule has 0 saturated carbocycles. The van der Waals surface area contributed by atoms with Gasteiger partial charge in [0.05, 0.1) is 28.1 Å². The van der Waals surface area contributed by atoms with Gasteiger partial charge in [-0.25, -0.2) is 0 Å². The first kappa shape index (κ1) is 17.4. The third kappa shape index (κ3) is 4.27. The summed E-state index contributed by atoms with van der Waals surface area (Å²) in [6.07, 6.45) is 0.769. The zero-order valence-corrected chi connectivity index (χ0v) is 15.3. The van der Waals surface area contributed by atoms with Gasteiger partial charge in [0.1, 0.15) is 0 Å². The lowest BCUT2D eigenvalue weighted by atomic mass is 9.97. The Hall–Kier alpha value is 0.0200. The molecular weight excluding hydrogens is 352 g/mol. The van der Waals surface area contributed by atoms with Crippen LogP contribution in [0.25, 0.3) is 0 Å². The van der Waals surface area contributed by atoms with Gasteiger partial charge < -0.3 is 15.6 Å². The molecule has 0 aromatic carbocycles. The summed E-state index contributed by atoms with van der Waals surface area (Å²) in [6.45, 7) is 7.84. The zero-order chi connectivity index (χ0) is 15.6. The van der Waals surface area contributed by atoms with E-state index in [1.807, 2.05) is 0 Å². The van der Waals surface area contributed by atoms with Gasteiger partial charge in [0.25, 0.3) is 0 Å². The number of morpholine rings is 1. The fourth-order valence-electron chi connectivity index (χ4n) is 3.02. The number of hydrogen-bond donors (Lipinski definition) is 2. The summed E-state index contributed by atoms with van der Waals surface area (Å²) in [5.74, 6) is 0. The average molecular weight is 377 g/mol. The summed E-state index contributed by atoms with van der Waals surface area (Å²) < 4.78 is 7.04. The molecule has 0 spiro atoms. The molecule has 4 nitrogen and oxygen atoms in total. The molecular formula is C15H25BrN2O2S. The third-order valence-corrected chi connectivity index (χ3v) is 5.56. The molecule has 1 aromatic heterocycles. The standard InChI is InChI=1S/C15H25BrN2O2S/c1-4-11(17)14(12-5-6-13(16)21-12)18-7-10(8-19)20-15(2,3)9-18/h5-6,10-11,14,19H,4,7-9,17H2,1-3H3. The molecule has 0 radical (unpaired) electrons.